The smallest absolute Gasteiger partial charge is 0.256 e. The molecule has 4 N–H and O–H groups in total. The minimum absolute atomic E-state index is 0.145. The number of anilines is 1. The highest BCUT2D eigenvalue weighted by Gasteiger charge is 2.25. The Bertz CT molecular complexity index is 963. The highest BCUT2D eigenvalue weighted by molar-refractivity contribution is 6.34. The molecule has 1 aromatic heterocycles. The number of para-hydroxylation sites is 1. The third-order valence-electron chi connectivity index (χ3n) is 4.52. The van der Waals surface area contributed by atoms with Gasteiger partial charge in [-0.1, -0.05) is 24.1 Å². The van der Waals surface area contributed by atoms with Crippen LogP contribution < -0.4 is 16.0 Å². The molecule has 0 aliphatic carbocycles. The lowest BCUT2D eigenvalue weighted by atomic mass is 10.0. The Balaban J connectivity index is 1.81. The first-order chi connectivity index (χ1) is 13.0. The van der Waals surface area contributed by atoms with Gasteiger partial charge in [-0.2, -0.15) is 0 Å². The number of aromatic nitrogens is 1. The molecule has 2 heterocycles. The van der Waals surface area contributed by atoms with E-state index in [1.165, 1.54) is 0 Å². The van der Waals surface area contributed by atoms with Crippen LogP contribution in [0.1, 0.15) is 32.9 Å². The normalized spacial score (nSPS) is 14.0. The molecule has 1 aliphatic heterocycles. The molecule has 2 amide bonds. The van der Waals surface area contributed by atoms with E-state index >= 15 is 0 Å². The number of amides is 2. The molecule has 0 saturated heterocycles. The molecule has 0 atom stereocenters. The summed E-state index contributed by atoms with van der Waals surface area (Å²) in [7, 11) is 0. The van der Waals surface area contributed by atoms with Gasteiger partial charge in [0.05, 0.1) is 17.7 Å². The molecule has 1 aromatic carbocycles. The molecular weight excluding hydrogens is 340 g/mol. The monoisotopic (exact) mass is 362 g/mol. The number of aromatic amines is 1. The summed E-state index contributed by atoms with van der Waals surface area (Å²) in [5.41, 5.74) is 5.18. The quantitative estimate of drug-likeness (QED) is 0.361. The van der Waals surface area contributed by atoms with Crippen molar-refractivity contribution >= 4 is 29.2 Å². The third-order valence-corrected chi connectivity index (χ3v) is 4.52. The molecule has 6 nitrogen and oxygen atoms in total. The van der Waals surface area contributed by atoms with E-state index in [0.29, 0.717) is 30.8 Å². The predicted molar refractivity (Wildman–Crippen MR) is 107 cm³/mol. The number of rotatable bonds is 6. The zero-order valence-electron chi connectivity index (χ0n) is 15.4. The minimum atomic E-state index is -0.148. The van der Waals surface area contributed by atoms with Gasteiger partial charge >= 0.3 is 0 Å². The van der Waals surface area contributed by atoms with Crippen LogP contribution in [0.15, 0.2) is 24.3 Å². The van der Waals surface area contributed by atoms with E-state index in [4.69, 9.17) is 6.42 Å². The molecule has 1 aliphatic rings. The predicted octanol–water partition coefficient (Wildman–Crippen LogP) is 2.08. The first kappa shape index (κ1) is 18.5. The average molecular weight is 362 g/mol. The van der Waals surface area contributed by atoms with Crippen molar-refractivity contribution in [1.29, 1.82) is 0 Å². The van der Waals surface area contributed by atoms with Gasteiger partial charge in [-0.15, -0.1) is 6.42 Å². The molecule has 0 unspecified atom stereocenters. The topological polar surface area (TPSA) is 86.0 Å². The lowest BCUT2D eigenvalue weighted by Gasteiger charge is -2.06. The Morgan fingerprint density at radius 1 is 1.26 bits per heavy atom. The molecule has 2 aromatic rings. The van der Waals surface area contributed by atoms with Gasteiger partial charge in [-0.3, -0.25) is 9.59 Å². The van der Waals surface area contributed by atoms with Gasteiger partial charge in [-0.05, 0) is 31.6 Å². The first-order valence-electron chi connectivity index (χ1n) is 8.77. The number of benzene rings is 1. The summed E-state index contributed by atoms with van der Waals surface area (Å²) >= 11 is 0. The summed E-state index contributed by atoms with van der Waals surface area (Å²) in [5.74, 6) is 2.19. The van der Waals surface area contributed by atoms with Gasteiger partial charge in [0, 0.05) is 35.7 Å². The van der Waals surface area contributed by atoms with Gasteiger partial charge in [0.15, 0.2) is 0 Å². The molecule has 0 saturated carbocycles. The number of H-pyrrole nitrogens is 1. The number of hydrogen-bond donors (Lipinski definition) is 4. The summed E-state index contributed by atoms with van der Waals surface area (Å²) < 4.78 is 0. The van der Waals surface area contributed by atoms with Crippen molar-refractivity contribution in [3.8, 4) is 12.3 Å². The fraction of sp³-hybridized carbons (Fsp3) is 0.238. The average Bonchev–Trinajstić information content (AvgIpc) is 3.11. The Morgan fingerprint density at radius 3 is 2.81 bits per heavy atom. The van der Waals surface area contributed by atoms with E-state index in [2.05, 4.69) is 26.9 Å². The van der Waals surface area contributed by atoms with Crippen LogP contribution in [-0.2, 0) is 4.79 Å². The molecule has 0 spiro atoms. The van der Waals surface area contributed by atoms with E-state index in [0.717, 1.165) is 28.2 Å². The van der Waals surface area contributed by atoms with Crippen LogP contribution in [0.25, 0.3) is 11.6 Å². The maximum Gasteiger partial charge on any atom is 0.256 e. The van der Waals surface area contributed by atoms with Crippen molar-refractivity contribution in [1.82, 2.24) is 15.6 Å². The van der Waals surface area contributed by atoms with Crippen molar-refractivity contribution in [3.05, 3.63) is 52.3 Å². The van der Waals surface area contributed by atoms with Crippen LogP contribution in [0, 0.1) is 26.2 Å². The SMILES string of the molecule is C#CCNCCNC(=O)c1c(C)[nH]c(C=C2C(=O)Nc3ccccc32)c1C. The summed E-state index contributed by atoms with van der Waals surface area (Å²) in [4.78, 5) is 28.1. The van der Waals surface area contributed by atoms with Crippen LogP contribution >= 0.6 is 0 Å². The molecular formula is C21H22N4O2. The summed E-state index contributed by atoms with van der Waals surface area (Å²) in [6.07, 6.45) is 6.97. The van der Waals surface area contributed by atoms with Crippen molar-refractivity contribution < 1.29 is 9.59 Å². The van der Waals surface area contributed by atoms with E-state index < -0.39 is 0 Å². The van der Waals surface area contributed by atoms with Gasteiger partial charge < -0.3 is 20.9 Å². The van der Waals surface area contributed by atoms with E-state index in [1.54, 1.807) is 6.08 Å². The fourth-order valence-electron chi connectivity index (χ4n) is 3.20. The second-order valence-electron chi connectivity index (χ2n) is 6.36. The zero-order valence-corrected chi connectivity index (χ0v) is 15.4. The second-order valence-corrected chi connectivity index (χ2v) is 6.36. The molecule has 3 rings (SSSR count). The summed E-state index contributed by atoms with van der Waals surface area (Å²) in [6, 6.07) is 7.55. The summed E-state index contributed by atoms with van der Waals surface area (Å²) in [5, 5.41) is 8.76. The van der Waals surface area contributed by atoms with Gasteiger partial charge in [0.1, 0.15) is 0 Å². The maximum atomic E-state index is 12.5. The number of carbonyl (C=O) groups excluding carboxylic acids is 2. The Kier molecular flexibility index (Phi) is 5.43. The molecule has 0 radical (unpaired) electrons. The number of fused-ring (bicyclic) bond motifs is 1. The molecule has 0 bridgehead atoms. The van der Waals surface area contributed by atoms with Gasteiger partial charge in [-0.25, -0.2) is 0 Å². The molecule has 27 heavy (non-hydrogen) atoms. The van der Waals surface area contributed by atoms with E-state index in [-0.39, 0.29) is 11.8 Å². The first-order valence-corrected chi connectivity index (χ1v) is 8.77. The Labute approximate surface area is 158 Å². The van der Waals surface area contributed by atoms with Crippen LogP contribution in [0.2, 0.25) is 0 Å². The maximum absolute atomic E-state index is 12.5. The minimum Gasteiger partial charge on any atom is -0.358 e. The van der Waals surface area contributed by atoms with E-state index in [1.807, 2.05) is 38.1 Å². The molecule has 0 fully saturated rings. The second kappa shape index (κ2) is 7.94. The number of aryl methyl sites for hydroxylation is 1. The summed E-state index contributed by atoms with van der Waals surface area (Å²) in [6.45, 7) is 5.28. The van der Waals surface area contributed by atoms with Crippen molar-refractivity contribution in [3.63, 3.8) is 0 Å². The largest absolute Gasteiger partial charge is 0.358 e. The number of terminal acetylenes is 1. The lowest BCUT2D eigenvalue weighted by molar-refractivity contribution is -0.110. The lowest BCUT2D eigenvalue weighted by Crippen LogP contribution is -2.32. The van der Waals surface area contributed by atoms with Gasteiger partial charge in [0.25, 0.3) is 11.8 Å². The zero-order chi connectivity index (χ0) is 19.4. The van der Waals surface area contributed by atoms with Crippen molar-refractivity contribution in [2.24, 2.45) is 0 Å². The van der Waals surface area contributed by atoms with Crippen LogP contribution in [0.3, 0.4) is 0 Å². The highest BCUT2D eigenvalue weighted by Crippen LogP contribution is 2.33. The van der Waals surface area contributed by atoms with Gasteiger partial charge in [0.2, 0.25) is 0 Å². The standard InChI is InChI=1S/C21H22N4O2/c1-4-9-22-10-11-23-21(27)19-13(2)18(24-14(19)3)12-16-15-7-5-6-8-17(15)25-20(16)26/h1,5-8,12,22,24H,9-11H2,2-3H3,(H,23,27)(H,25,26). The van der Waals surface area contributed by atoms with Crippen molar-refractivity contribution in [2.75, 3.05) is 25.0 Å². The van der Waals surface area contributed by atoms with E-state index in [9.17, 15) is 9.59 Å². The Morgan fingerprint density at radius 2 is 2.04 bits per heavy atom. The van der Waals surface area contributed by atoms with Crippen LogP contribution in [-0.4, -0.2) is 36.4 Å². The van der Waals surface area contributed by atoms with Crippen molar-refractivity contribution in [2.45, 2.75) is 13.8 Å². The Hall–Kier alpha value is -3.30. The molecule has 138 valence electrons. The van der Waals surface area contributed by atoms with Crippen LogP contribution in [0.4, 0.5) is 5.69 Å². The number of nitrogens with one attached hydrogen (secondary N) is 4. The van der Waals surface area contributed by atoms with Crippen LogP contribution in [0.5, 0.6) is 0 Å². The highest BCUT2D eigenvalue weighted by atomic mass is 16.2. The fourth-order valence-corrected chi connectivity index (χ4v) is 3.20. The third kappa shape index (κ3) is 3.78. The number of carbonyl (C=O) groups is 2. The number of hydrogen-bond acceptors (Lipinski definition) is 3. The molecule has 6 heteroatoms.